The molecule has 2 aromatic heterocycles. The van der Waals surface area contributed by atoms with Gasteiger partial charge in [-0.2, -0.15) is 5.10 Å². The first-order chi connectivity index (χ1) is 20.8. The number of nitro benzene ring substituents is 1. The molecule has 0 bridgehead atoms. The van der Waals surface area contributed by atoms with E-state index in [0.717, 1.165) is 22.6 Å². The number of hydrazone groups is 1. The average Bonchev–Trinajstić information content (AvgIpc) is 3.62. The fraction of sp³-hybridized carbons (Fsp3) is 0.125. The van der Waals surface area contributed by atoms with Crippen LogP contribution in [-0.4, -0.2) is 21.6 Å². The number of aromatic nitrogens is 1. The minimum atomic E-state index is -0.542. The maximum absolute atomic E-state index is 12.6. The molecular formula is C32H27ClN4O6. The Balaban J connectivity index is 1.15. The monoisotopic (exact) mass is 598 g/mol. The number of nitro groups is 1. The molecule has 0 atom stereocenters. The number of hydrogen-bond donors (Lipinski definition) is 1. The van der Waals surface area contributed by atoms with E-state index < -0.39 is 10.8 Å². The number of furan rings is 1. The molecule has 0 radical (unpaired) electrons. The lowest BCUT2D eigenvalue weighted by Crippen LogP contribution is -2.16. The van der Waals surface area contributed by atoms with E-state index in [0.29, 0.717) is 27.8 Å². The summed E-state index contributed by atoms with van der Waals surface area (Å²) in [4.78, 5) is 23.0. The maximum Gasteiger partial charge on any atom is 0.307 e. The Bertz CT molecular complexity index is 1760. The van der Waals surface area contributed by atoms with Crippen molar-refractivity contribution in [1.82, 2.24) is 9.99 Å². The molecule has 0 aliphatic carbocycles. The number of nitrogens with zero attached hydrogens (tertiary/aromatic N) is 3. The van der Waals surface area contributed by atoms with Crippen molar-refractivity contribution >= 4 is 29.4 Å². The van der Waals surface area contributed by atoms with Crippen LogP contribution in [0.25, 0.3) is 5.69 Å². The molecule has 1 N–H and O–H groups in total. The van der Waals surface area contributed by atoms with Gasteiger partial charge < -0.3 is 18.5 Å². The quantitative estimate of drug-likeness (QED) is 0.0977. The zero-order chi connectivity index (χ0) is 30.3. The highest BCUT2D eigenvalue weighted by Gasteiger charge is 2.12. The zero-order valence-corrected chi connectivity index (χ0v) is 24.1. The molecule has 0 aliphatic heterocycles. The Kier molecular flexibility index (Phi) is 8.88. The summed E-state index contributed by atoms with van der Waals surface area (Å²) in [5.41, 5.74) is 7.05. The zero-order valence-electron chi connectivity index (χ0n) is 23.3. The van der Waals surface area contributed by atoms with Gasteiger partial charge in [-0.05, 0) is 98.3 Å². The van der Waals surface area contributed by atoms with Crippen LogP contribution in [0.2, 0.25) is 5.02 Å². The average molecular weight is 599 g/mol. The third-order valence-electron chi connectivity index (χ3n) is 6.52. The van der Waals surface area contributed by atoms with Gasteiger partial charge in [-0.3, -0.25) is 14.9 Å². The molecular weight excluding hydrogens is 572 g/mol. The van der Waals surface area contributed by atoms with Crippen LogP contribution in [0, 0.1) is 24.0 Å². The van der Waals surface area contributed by atoms with Gasteiger partial charge in [0.1, 0.15) is 30.5 Å². The van der Waals surface area contributed by atoms with Gasteiger partial charge in [0, 0.05) is 39.8 Å². The van der Waals surface area contributed by atoms with Gasteiger partial charge in [-0.15, -0.1) is 0 Å². The molecule has 5 rings (SSSR count). The Morgan fingerprint density at radius 1 is 0.953 bits per heavy atom. The Labute approximate surface area is 252 Å². The molecule has 2 heterocycles. The van der Waals surface area contributed by atoms with Gasteiger partial charge in [0.25, 0.3) is 5.69 Å². The van der Waals surface area contributed by atoms with Crippen LogP contribution in [0.3, 0.4) is 0 Å². The first-order valence-electron chi connectivity index (χ1n) is 13.2. The molecule has 0 saturated carbocycles. The summed E-state index contributed by atoms with van der Waals surface area (Å²) in [6, 6.07) is 26.1. The highest BCUT2D eigenvalue weighted by atomic mass is 35.5. The van der Waals surface area contributed by atoms with Crippen molar-refractivity contribution in [1.29, 1.82) is 0 Å². The van der Waals surface area contributed by atoms with Crippen LogP contribution in [0.15, 0.2) is 101 Å². The van der Waals surface area contributed by atoms with E-state index in [4.69, 9.17) is 25.5 Å². The summed E-state index contributed by atoms with van der Waals surface area (Å²) in [6.07, 6.45) is 1.41. The number of benzene rings is 3. The van der Waals surface area contributed by atoms with Gasteiger partial charge in [0.15, 0.2) is 5.76 Å². The van der Waals surface area contributed by atoms with Crippen LogP contribution in [0.4, 0.5) is 5.69 Å². The van der Waals surface area contributed by atoms with Gasteiger partial charge in [0.05, 0.1) is 11.1 Å². The lowest BCUT2D eigenvalue weighted by atomic mass is 10.2. The lowest BCUT2D eigenvalue weighted by molar-refractivity contribution is -0.384. The van der Waals surface area contributed by atoms with Crippen molar-refractivity contribution in [2.24, 2.45) is 5.10 Å². The third kappa shape index (κ3) is 7.30. The third-order valence-corrected chi connectivity index (χ3v) is 6.75. The first-order valence-corrected chi connectivity index (χ1v) is 13.6. The molecule has 10 nitrogen and oxygen atoms in total. The number of carbonyl (C=O) groups excluding carboxylic acids is 1. The van der Waals surface area contributed by atoms with Gasteiger partial charge in [0.2, 0.25) is 0 Å². The van der Waals surface area contributed by atoms with Crippen LogP contribution >= 0.6 is 11.6 Å². The smallest absolute Gasteiger partial charge is 0.307 e. The highest BCUT2D eigenvalue weighted by molar-refractivity contribution is 6.30. The molecule has 0 fully saturated rings. The van der Waals surface area contributed by atoms with E-state index in [2.05, 4.69) is 41.1 Å². The fourth-order valence-corrected chi connectivity index (χ4v) is 4.52. The van der Waals surface area contributed by atoms with Gasteiger partial charge >= 0.3 is 5.91 Å². The van der Waals surface area contributed by atoms with Crippen LogP contribution in [0.5, 0.6) is 11.5 Å². The lowest BCUT2D eigenvalue weighted by Gasteiger charge is -2.10. The number of carbonyl (C=O) groups is 1. The summed E-state index contributed by atoms with van der Waals surface area (Å²) < 4.78 is 19.5. The molecule has 5 aromatic rings. The standard InChI is InChI=1S/C32H27ClN4O6/c1-21-3-4-22(2)36(21)26-10-12-28(13-11-26)41-20-29-14-16-31(43-29)32(38)35-34-18-24-17-25(33)7-15-30(24)42-19-23-5-8-27(9-6-23)37(39)40/h3-18H,19-20H2,1-2H3,(H,35,38)/b34-18+. The second-order valence-electron chi connectivity index (χ2n) is 9.59. The molecule has 0 unspecified atom stereocenters. The number of non-ortho nitro benzene ring substituents is 1. The number of ether oxygens (including phenoxy) is 2. The molecule has 1 amide bonds. The molecule has 0 aliphatic rings. The van der Waals surface area contributed by atoms with E-state index in [9.17, 15) is 14.9 Å². The summed E-state index contributed by atoms with van der Waals surface area (Å²) in [5, 5.41) is 15.3. The Morgan fingerprint density at radius 2 is 1.67 bits per heavy atom. The molecule has 3 aromatic carbocycles. The maximum atomic E-state index is 12.6. The Hall–Kier alpha value is -5.35. The molecule has 11 heteroatoms. The highest BCUT2D eigenvalue weighted by Crippen LogP contribution is 2.24. The number of aryl methyl sites for hydroxylation is 2. The summed E-state index contributed by atoms with van der Waals surface area (Å²) >= 11 is 6.14. The molecule has 0 saturated heterocycles. The summed E-state index contributed by atoms with van der Waals surface area (Å²) in [6.45, 7) is 4.43. The van der Waals surface area contributed by atoms with Gasteiger partial charge in [-0.25, -0.2) is 5.43 Å². The van der Waals surface area contributed by atoms with Crippen molar-refractivity contribution in [3.63, 3.8) is 0 Å². The number of rotatable bonds is 11. The van der Waals surface area contributed by atoms with E-state index in [1.807, 2.05) is 24.3 Å². The normalized spacial score (nSPS) is 11.0. The van der Waals surface area contributed by atoms with Crippen molar-refractivity contribution in [3.05, 3.63) is 140 Å². The van der Waals surface area contributed by atoms with E-state index in [1.165, 1.54) is 18.3 Å². The van der Waals surface area contributed by atoms with Crippen molar-refractivity contribution in [2.45, 2.75) is 27.1 Å². The van der Waals surface area contributed by atoms with E-state index in [-0.39, 0.29) is 24.7 Å². The van der Waals surface area contributed by atoms with E-state index >= 15 is 0 Å². The van der Waals surface area contributed by atoms with Crippen molar-refractivity contribution in [2.75, 3.05) is 0 Å². The van der Waals surface area contributed by atoms with Crippen LogP contribution in [-0.2, 0) is 13.2 Å². The van der Waals surface area contributed by atoms with Crippen molar-refractivity contribution < 1.29 is 23.6 Å². The summed E-state index contributed by atoms with van der Waals surface area (Å²) in [7, 11) is 0. The van der Waals surface area contributed by atoms with E-state index in [1.54, 1.807) is 42.5 Å². The number of nitrogens with one attached hydrogen (secondary N) is 1. The Morgan fingerprint density at radius 3 is 2.37 bits per heavy atom. The number of hydrogen-bond acceptors (Lipinski definition) is 7. The minimum absolute atomic E-state index is 0.00113. The largest absolute Gasteiger partial charge is 0.488 e. The second kappa shape index (κ2) is 13.1. The fourth-order valence-electron chi connectivity index (χ4n) is 4.34. The minimum Gasteiger partial charge on any atom is -0.488 e. The number of amides is 1. The van der Waals surface area contributed by atoms with Gasteiger partial charge in [-0.1, -0.05) is 11.6 Å². The molecule has 218 valence electrons. The molecule has 43 heavy (non-hydrogen) atoms. The topological polar surface area (TPSA) is 121 Å². The second-order valence-corrected chi connectivity index (χ2v) is 10.0. The van der Waals surface area contributed by atoms with Crippen LogP contribution in [0.1, 0.15) is 38.8 Å². The molecule has 0 spiro atoms. The predicted octanol–water partition coefficient (Wildman–Crippen LogP) is 7.17. The van der Waals surface area contributed by atoms with Crippen molar-refractivity contribution in [3.8, 4) is 17.2 Å². The summed E-state index contributed by atoms with van der Waals surface area (Å²) in [5.74, 6) is 1.15. The first kappa shape index (κ1) is 29.2. The predicted molar refractivity (Wildman–Crippen MR) is 162 cm³/mol. The van der Waals surface area contributed by atoms with Crippen LogP contribution < -0.4 is 14.9 Å². The number of halogens is 1. The SMILES string of the molecule is Cc1ccc(C)n1-c1ccc(OCc2ccc(C(=O)N/N=C/c3cc(Cl)ccc3OCc3ccc([N+](=O)[O-])cc3)o2)cc1.